The molecule has 24 heavy (non-hydrogen) atoms. The molecule has 0 radical (unpaired) electrons. The maximum absolute atomic E-state index is 11.9. The number of halogens is 2. The third-order valence-corrected chi connectivity index (χ3v) is 6.48. The highest BCUT2D eigenvalue weighted by molar-refractivity contribution is 9.10. The van der Waals surface area contributed by atoms with Crippen molar-refractivity contribution in [1.82, 2.24) is 0 Å². The van der Waals surface area contributed by atoms with Crippen LogP contribution in [0.15, 0.2) is 67.3 Å². The van der Waals surface area contributed by atoms with E-state index in [9.17, 15) is 16.8 Å². The maximum atomic E-state index is 11.9. The van der Waals surface area contributed by atoms with Gasteiger partial charge in [-0.25, -0.2) is 0 Å². The summed E-state index contributed by atoms with van der Waals surface area (Å²) in [5, 5.41) is 0. The normalized spacial score (nSPS) is 12.2. The Kier molecular flexibility index (Phi) is 6.57. The van der Waals surface area contributed by atoms with Crippen molar-refractivity contribution in [2.75, 3.05) is 13.2 Å². The van der Waals surface area contributed by atoms with Gasteiger partial charge >= 0.3 is 0 Å². The van der Waals surface area contributed by atoms with E-state index >= 15 is 0 Å². The van der Waals surface area contributed by atoms with Gasteiger partial charge in [-0.1, -0.05) is 31.9 Å². The van der Waals surface area contributed by atoms with Gasteiger partial charge in [0.15, 0.2) is 0 Å². The minimum atomic E-state index is -3.97. The van der Waals surface area contributed by atoms with E-state index in [4.69, 9.17) is 8.37 Å². The maximum Gasteiger partial charge on any atom is 0.297 e. The molecule has 0 unspecified atom stereocenters. The Morgan fingerprint density at radius 3 is 1.21 bits per heavy atom. The standard InChI is InChI=1S/C14H12Br2O6S2/c15-11-1-5-13(6-2-11)23(17,18)21-9-10-22-24(19,20)14-7-3-12(16)4-8-14/h1-8H,9-10H2. The molecule has 10 heteroatoms. The second-order valence-electron chi connectivity index (χ2n) is 4.46. The van der Waals surface area contributed by atoms with E-state index in [0.29, 0.717) is 0 Å². The quantitative estimate of drug-likeness (QED) is 0.429. The van der Waals surface area contributed by atoms with Crippen molar-refractivity contribution >= 4 is 52.1 Å². The molecule has 0 spiro atoms. The molecule has 0 atom stereocenters. The molecule has 0 aliphatic rings. The van der Waals surface area contributed by atoms with Crippen molar-refractivity contribution in [3.8, 4) is 0 Å². The summed E-state index contributed by atoms with van der Waals surface area (Å²) in [6, 6.07) is 11.7. The first kappa shape index (κ1) is 19.5. The van der Waals surface area contributed by atoms with Crippen LogP contribution in [0, 0.1) is 0 Å². The van der Waals surface area contributed by atoms with E-state index in [-0.39, 0.29) is 9.79 Å². The summed E-state index contributed by atoms with van der Waals surface area (Å²) in [7, 11) is -7.93. The predicted octanol–water partition coefficient (Wildman–Crippen LogP) is 3.32. The van der Waals surface area contributed by atoms with E-state index in [1.807, 2.05) is 0 Å². The van der Waals surface area contributed by atoms with Crippen LogP contribution in [-0.2, 0) is 28.6 Å². The Balaban J connectivity index is 1.92. The van der Waals surface area contributed by atoms with Crippen LogP contribution in [0.3, 0.4) is 0 Å². The summed E-state index contributed by atoms with van der Waals surface area (Å²) < 4.78 is 58.7. The molecule has 0 saturated heterocycles. The second kappa shape index (κ2) is 8.07. The first-order valence-electron chi connectivity index (χ1n) is 6.51. The van der Waals surface area contributed by atoms with Gasteiger partial charge in [0.05, 0.1) is 23.0 Å². The van der Waals surface area contributed by atoms with Crippen molar-refractivity contribution in [2.45, 2.75) is 9.79 Å². The summed E-state index contributed by atoms with van der Waals surface area (Å²) in [4.78, 5) is -0.0528. The summed E-state index contributed by atoms with van der Waals surface area (Å²) >= 11 is 6.40. The van der Waals surface area contributed by atoms with Crippen LogP contribution in [0.2, 0.25) is 0 Å². The monoisotopic (exact) mass is 498 g/mol. The molecule has 6 nitrogen and oxygen atoms in total. The molecule has 2 rings (SSSR count). The first-order valence-corrected chi connectivity index (χ1v) is 10.9. The Morgan fingerprint density at radius 1 is 0.625 bits per heavy atom. The van der Waals surface area contributed by atoms with Crippen LogP contribution in [-0.4, -0.2) is 30.0 Å². The number of rotatable bonds is 7. The van der Waals surface area contributed by atoms with Crippen LogP contribution < -0.4 is 0 Å². The van der Waals surface area contributed by atoms with Gasteiger partial charge in [0.1, 0.15) is 0 Å². The SMILES string of the molecule is O=S(=O)(OCCOS(=O)(=O)c1ccc(Br)cc1)c1ccc(Br)cc1. The Hall–Kier alpha value is -0.780. The van der Waals surface area contributed by atoms with Crippen molar-refractivity contribution < 1.29 is 25.2 Å². The van der Waals surface area contributed by atoms with Crippen LogP contribution in [0.25, 0.3) is 0 Å². The zero-order chi connectivity index (χ0) is 17.8. The van der Waals surface area contributed by atoms with Crippen molar-refractivity contribution in [3.63, 3.8) is 0 Å². The Labute approximate surface area is 157 Å². The third-order valence-electron chi connectivity index (χ3n) is 2.76. The molecule has 0 aliphatic carbocycles. The highest BCUT2D eigenvalue weighted by Gasteiger charge is 2.18. The predicted molar refractivity (Wildman–Crippen MR) is 94.6 cm³/mol. The average molecular weight is 500 g/mol. The average Bonchev–Trinajstić information content (AvgIpc) is 2.52. The smallest absolute Gasteiger partial charge is 0.264 e. The minimum absolute atomic E-state index is 0.0264. The number of hydrogen-bond acceptors (Lipinski definition) is 6. The summed E-state index contributed by atoms with van der Waals surface area (Å²) in [5.41, 5.74) is 0. The van der Waals surface area contributed by atoms with Crippen LogP contribution in [0.1, 0.15) is 0 Å². The summed E-state index contributed by atoms with van der Waals surface area (Å²) in [5.74, 6) is 0. The largest absolute Gasteiger partial charge is 0.297 e. The number of hydrogen-bond donors (Lipinski definition) is 0. The minimum Gasteiger partial charge on any atom is -0.264 e. The molecule has 0 N–H and O–H groups in total. The Bertz CT molecular complexity index is 814. The van der Waals surface area contributed by atoms with E-state index in [2.05, 4.69) is 31.9 Å². The molecule has 2 aromatic rings. The molecule has 0 fully saturated rings. The lowest BCUT2D eigenvalue weighted by molar-refractivity contribution is 0.224. The molecule has 2 aromatic carbocycles. The van der Waals surface area contributed by atoms with Gasteiger partial charge in [0.2, 0.25) is 0 Å². The molecule has 0 aliphatic heterocycles. The van der Waals surface area contributed by atoms with Gasteiger partial charge in [0.25, 0.3) is 20.2 Å². The zero-order valence-corrected chi connectivity index (χ0v) is 16.9. The summed E-state index contributed by atoms with van der Waals surface area (Å²) in [6.07, 6.45) is 0. The van der Waals surface area contributed by atoms with Gasteiger partial charge in [-0.2, -0.15) is 16.8 Å². The molecule has 0 bridgehead atoms. The van der Waals surface area contributed by atoms with Crippen LogP contribution in [0.4, 0.5) is 0 Å². The van der Waals surface area contributed by atoms with Crippen molar-refractivity contribution in [1.29, 1.82) is 0 Å². The number of benzene rings is 2. The van der Waals surface area contributed by atoms with E-state index in [1.165, 1.54) is 24.3 Å². The van der Waals surface area contributed by atoms with Gasteiger partial charge in [-0.15, -0.1) is 0 Å². The molecule has 0 saturated carbocycles. The highest BCUT2D eigenvalue weighted by Crippen LogP contribution is 2.18. The van der Waals surface area contributed by atoms with E-state index in [0.717, 1.165) is 8.95 Å². The Morgan fingerprint density at radius 2 is 0.917 bits per heavy atom. The lowest BCUT2D eigenvalue weighted by Crippen LogP contribution is -2.15. The zero-order valence-electron chi connectivity index (χ0n) is 12.1. The molecule has 0 heterocycles. The van der Waals surface area contributed by atoms with E-state index in [1.54, 1.807) is 24.3 Å². The summed E-state index contributed by atoms with van der Waals surface area (Å²) in [6.45, 7) is -0.845. The fourth-order valence-corrected chi connectivity index (χ4v) is 3.94. The van der Waals surface area contributed by atoms with Crippen LogP contribution >= 0.6 is 31.9 Å². The van der Waals surface area contributed by atoms with Crippen LogP contribution in [0.5, 0.6) is 0 Å². The molecular weight excluding hydrogens is 488 g/mol. The van der Waals surface area contributed by atoms with E-state index < -0.39 is 33.5 Å². The lowest BCUT2D eigenvalue weighted by Gasteiger charge is -2.07. The second-order valence-corrected chi connectivity index (χ2v) is 9.52. The topological polar surface area (TPSA) is 86.7 Å². The van der Waals surface area contributed by atoms with Gasteiger partial charge in [0, 0.05) is 8.95 Å². The van der Waals surface area contributed by atoms with Crippen molar-refractivity contribution in [3.05, 3.63) is 57.5 Å². The third kappa shape index (κ3) is 5.36. The van der Waals surface area contributed by atoms with Crippen molar-refractivity contribution in [2.24, 2.45) is 0 Å². The van der Waals surface area contributed by atoms with Gasteiger partial charge in [-0.3, -0.25) is 8.37 Å². The van der Waals surface area contributed by atoms with Gasteiger partial charge < -0.3 is 0 Å². The fourth-order valence-electron chi connectivity index (χ4n) is 1.63. The molecule has 0 amide bonds. The fraction of sp³-hybridized carbons (Fsp3) is 0.143. The first-order chi connectivity index (χ1) is 11.2. The van der Waals surface area contributed by atoms with Gasteiger partial charge in [-0.05, 0) is 48.5 Å². The lowest BCUT2D eigenvalue weighted by atomic mass is 10.4. The molecular formula is C14H12Br2O6S2. The molecule has 0 aromatic heterocycles. The molecule has 130 valence electrons. The highest BCUT2D eigenvalue weighted by atomic mass is 79.9.